The van der Waals surface area contributed by atoms with Crippen LogP contribution >= 0.6 is 0 Å². The minimum absolute atomic E-state index is 0.0171. The van der Waals surface area contributed by atoms with Crippen molar-refractivity contribution in [1.82, 2.24) is 4.72 Å². The summed E-state index contributed by atoms with van der Waals surface area (Å²) in [5, 5.41) is 8.94. The summed E-state index contributed by atoms with van der Waals surface area (Å²) in [4.78, 5) is 0. The van der Waals surface area contributed by atoms with Gasteiger partial charge >= 0.3 is 0 Å². The van der Waals surface area contributed by atoms with Gasteiger partial charge in [0.2, 0.25) is 0 Å². The summed E-state index contributed by atoms with van der Waals surface area (Å²) in [6.45, 7) is 8.02. The first kappa shape index (κ1) is 14.9. The Morgan fingerprint density at radius 1 is 1.33 bits per heavy atom. The summed E-state index contributed by atoms with van der Waals surface area (Å²) < 4.78 is 14.9. The molecule has 1 aromatic carbocycles. The monoisotopic (exact) mass is 264 g/mol. The van der Waals surface area contributed by atoms with Crippen LogP contribution in [0.25, 0.3) is 0 Å². The van der Waals surface area contributed by atoms with Crippen molar-refractivity contribution in [3.8, 4) is 6.07 Å². The molecule has 0 aliphatic heterocycles. The molecule has 1 aromatic rings. The Morgan fingerprint density at radius 3 is 2.56 bits per heavy atom. The first-order valence-electron chi connectivity index (χ1n) is 6.08. The van der Waals surface area contributed by atoms with E-state index in [2.05, 4.69) is 10.8 Å². The van der Waals surface area contributed by atoms with E-state index in [1.807, 2.05) is 45.9 Å². The molecule has 0 spiro atoms. The Balaban J connectivity index is 2.78. The van der Waals surface area contributed by atoms with Crippen LogP contribution in [0.4, 0.5) is 0 Å². The summed E-state index contributed by atoms with van der Waals surface area (Å²) in [5.41, 5.74) is 2.70. The van der Waals surface area contributed by atoms with E-state index in [4.69, 9.17) is 5.26 Å². The molecule has 0 fully saturated rings. The Morgan fingerprint density at radius 2 is 2.00 bits per heavy atom. The van der Waals surface area contributed by atoms with Crippen molar-refractivity contribution in [2.24, 2.45) is 5.92 Å². The predicted octanol–water partition coefficient (Wildman–Crippen LogP) is 2.84. The average Bonchev–Trinajstić information content (AvgIpc) is 2.26. The van der Waals surface area contributed by atoms with Crippen LogP contribution in [0.1, 0.15) is 43.5 Å². The maximum Gasteiger partial charge on any atom is 0.0991 e. The van der Waals surface area contributed by atoms with Gasteiger partial charge in [-0.3, -0.25) is 0 Å². The fraction of sp³-hybridized carbons (Fsp3) is 0.500. The SMILES string of the molecule is Cc1cc(C#N)cc(C(C)N[S@](=O)CC(C)C)c1. The van der Waals surface area contributed by atoms with Crippen LogP contribution in [0.3, 0.4) is 0 Å². The third-order valence-corrected chi connectivity index (χ3v) is 4.11. The molecule has 1 unspecified atom stereocenters. The van der Waals surface area contributed by atoms with Crippen LogP contribution < -0.4 is 4.72 Å². The van der Waals surface area contributed by atoms with E-state index < -0.39 is 11.0 Å². The lowest BCUT2D eigenvalue weighted by Gasteiger charge is -2.15. The van der Waals surface area contributed by atoms with Crippen LogP contribution in [0.2, 0.25) is 0 Å². The second kappa shape index (κ2) is 6.67. The average molecular weight is 264 g/mol. The Labute approximate surface area is 112 Å². The van der Waals surface area contributed by atoms with Gasteiger partial charge < -0.3 is 0 Å². The van der Waals surface area contributed by atoms with E-state index >= 15 is 0 Å². The highest BCUT2D eigenvalue weighted by Gasteiger charge is 2.11. The lowest BCUT2D eigenvalue weighted by Crippen LogP contribution is -2.25. The maximum atomic E-state index is 11.8. The molecule has 0 aromatic heterocycles. The molecular formula is C14H20N2OS. The number of nitriles is 1. The van der Waals surface area contributed by atoms with Crippen molar-refractivity contribution in [2.75, 3.05) is 5.75 Å². The van der Waals surface area contributed by atoms with Crippen LogP contribution in [0.5, 0.6) is 0 Å². The molecule has 0 aliphatic carbocycles. The van der Waals surface area contributed by atoms with Gasteiger partial charge in [-0.15, -0.1) is 0 Å². The number of hydrogen-bond acceptors (Lipinski definition) is 2. The van der Waals surface area contributed by atoms with Gasteiger partial charge in [-0.25, -0.2) is 8.93 Å². The van der Waals surface area contributed by atoms with Gasteiger partial charge in [0, 0.05) is 11.8 Å². The number of rotatable bonds is 5. The van der Waals surface area contributed by atoms with E-state index in [1.54, 1.807) is 0 Å². The molecule has 2 atom stereocenters. The van der Waals surface area contributed by atoms with Gasteiger partial charge in [-0.05, 0) is 43.0 Å². The quantitative estimate of drug-likeness (QED) is 0.889. The van der Waals surface area contributed by atoms with Crippen molar-refractivity contribution in [1.29, 1.82) is 5.26 Å². The third-order valence-electron chi connectivity index (χ3n) is 2.52. The molecule has 4 heteroatoms. The number of nitrogens with one attached hydrogen (secondary N) is 1. The van der Waals surface area contributed by atoms with Gasteiger partial charge in [0.15, 0.2) is 0 Å². The fourth-order valence-corrected chi connectivity index (χ4v) is 2.98. The highest BCUT2D eigenvalue weighted by molar-refractivity contribution is 7.83. The molecule has 0 bridgehead atoms. The Kier molecular flexibility index (Phi) is 5.52. The fourth-order valence-electron chi connectivity index (χ4n) is 1.74. The highest BCUT2D eigenvalue weighted by atomic mass is 32.2. The summed E-state index contributed by atoms with van der Waals surface area (Å²) in [6, 6.07) is 7.84. The van der Waals surface area contributed by atoms with Gasteiger partial charge in [-0.1, -0.05) is 19.9 Å². The topological polar surface area (TPSA) is 52.9 Å². The zero-order valence-corrected chi connectivity index (χ0v) is 12.2. The van der Waals surface area contributed by atoms with Crippen molar-refractivity contribution >= 4 is 11.0 Å². The van der Waals surface area contributed by atoms with Crippen LogP contribution in [0.15, 0.2) is 18.2 Å². The summed E-state index contributed by atoms with van der Waals surface area (Å²) in [6.07, 6.45) is 0. The predicted molar refractivity (Wildman–Crippen MR) is 75.3 cm³/mol. The molecule has 3 nitrogen and oxygen atoms in total. The van der Waals surface area contributed by atoms with Crippen molar-refractivity contribution < 1.29 is 4.21 Å². The van der Waals surface area contributed by atoms with Crippen LogP contribution in [0, 0.1) is 24.2 Å². The Hall–Kier alpha value is -1.18. The largest absolute Gasteiger partial charge is 0.243 e. The Bertz CT molecular complexity index is 477. The maximum absolute atomic E-state index is 11.8. The molecule has 0 radical (unpaired) electrons. The third kappa shape index (κ3) is 4.59. The second-order valence-corrected chi connectivity index (χ2v) is 6.25. The lowest BCUT2D eigenvalue weighted by atomic mass is 10.0. The first-order valence-corrected chi connectivity index (χ1v) is 7.40. The minimum atomic E-state index is -1.03. The van der Waals surface area contributed by atoms with E-state index in [0.29, 0.717) is 17.2 Å². The molecule has 0 aliphatic rings. The van der Waals surface area contributed by atoms with E-state index in [1.165, 1.54) is 0 Å². The smallest absolute Gasteiger partial charge is 0.0991 e. The van der Waals surface area contributed by atoms with Gasteiger partial charge in [-0.2, -0.15) is 5.26 Å². The van der Waals surface area contributed by atoms with Crippen molar-refractivity contribution in [3.63, 3.8) is 0 Å². The zero-order chi connectivity index (χ0) is 13.7. The highest BCUT2D eigenvalue weighted by Crippen LogP contribution is 2.17. The van der Waals surface area contributed by atoms with Crippen molar-refractivity contribution in [3.05, 3.63) is 34.9 Å². The summed E-state index contributed by atoms with van der Waals surface area (Å²) in [7, 11) is -1.03. The number of nitrogens with zero attached hydrogens (tertiary/aromatic N) is 1. The lowest BCUT2D eigenvalue weighted by molar-refractivity contribution is 0.635. The molecule has 0 amide bonds. The molecule has 0 saturated heterocycles. The van der Waals surface area contributed by atoms with Gasteiger partial charge in [0.1, 0.15) is 0 Å². The van der Waals surface area contributed by atoms with E-state index in [-0.39, 0.29) is 6.04 Å². The minimum Gasteiger partial charge on any atom is -0.243 e. The molecule has 1 rings (SSSR count). The van der Waals surface area contributed by atoms with Crippen molar-refractivity contribution in [2.45, 2.75) is 33.7 Å². The zero-order valence-electron chi connectivity index (χ0n) is 11.4. The molecule has 98 valence electrons. The summed E-state index contributed by atoms with van der Waals surface area (Å²) in [5.74, 6) is 1.04. The molecular weight excluding hydrogens is 244 g/mol. The number of benzene rings is 1. The normalized spacial score (nSPS) is 14.2. The van der Waals surface area contributed by atoms with Crippen LogP contribution in [-0.4, -0.2) is 9.96 Å². The van der Waals surface area contributed by atoms with E-state index in [9.17, 15) is 4.21 Å². The van der Waals surface area contributed by atoms with Crippen LogP contribution in [-0.2, 0) is 11.0 Å². The molecule has 0 heterocycles. The van der Waals surface area contributed by atoms with Gasteiger partial charge in [0.25, 0.3) is 0 Å². The molecule has 1 N–H and O–H groups in total. The molecule has 0 saturated carbocycles. The van der Waals surface area contributed by atoms with E-state index in [0.717, 1.165) is 11.1 Å². The number of aryl methyl sites for hydroxylation is 1. The standard InChI is InChI=1S/C14H20N2OS/c1-10(2)9-18(17)16-12(4)14-6-11(3)5-13(7-14)8-15/h5-7,10,12,16H,9H2,1-4H3/t12?,18-/m1/s1. The second-order valence-electron chi connectivity index (χ2n) is 4.99. The molecule has 18 heavy (non-hydrogen) atoms. The summed E-state index contributed by atoms with van der Waals surface area (Å²) >= 11 is 0. The first-order chi connectivity index (χ1) is 8.42. The van der Waals surface area contributed by atoms with Gasteiger partial charge in [0.05, 0.1) is 22.6 Å². The number of hydrogen-bond donors (Lipinski definition) is 1.